The van der Waals surface area contributed by atoms with Gasteiger partial charge in [0.25, 0.3) is 0 Å². The molecule has 2 nitrogen and oxygen atoms in total. The summed E-state index contributed by atoms with van der Waals surface area (Å²) < 4.78 is 0. The van der Waals surface area contributed by atoms with Gasteiger partial charge in [-0.2, -0.15) is 0 Å². The molecule has 0 aliphatic heterocycles. The Balaban J connectivity index is 2.80. The maximum absolute atomic E-state index is 8.19. The van der Waals surface area contributed by atoms with Crippen LogP contribution in [0, 0.1) is 0 Å². The first kappa shape index (κ1) is 7.57. The van der Waals surface area contributed by atoms with Gasteiger partial charge in [-0.05, 0) is 17.7 Å². The van der Waals surface area contributed by atoms with Crippen LogP contribution in [-0.2, 0) is 5.33 Å². The van der Waals surface area contributed by atoms with Gasteiger partial charge in [-0.1, -0.05) is 28.1 Å². The van der Waals surface area contributed by atoms with Crippen molar-refractivity contribution in [2.75, 3.05) is 0 Å². The van der Waals surface area contributed by atoms with Crippen molar-refractivity contribution in [3.8, 4) is 5.75 Å². The Morgan fingerprint density at radius 2 is 1.90 bits per heavy atom. The summed E-state index contributed by atoms with van der Waals surface area (Å²) in [5.74, 6) is 0.463. The zero-order valence-electron chi connectivity index (χ0n) is 5.25. The first-order valence-corrected chi connectivity index (χ1v) is 3.95. The molecular weight excluding hydrogens is 196 g/mol. The van der Waals surface area contributed by atoms with Crippen LogP contribution in [0.15, 0.2) is 24.3 Å². The highest BCUT2D eigenvalue weighted by Crippen LogP contribution is 2.12. The second kappa shape index (κ2) is 3.58. The van der Waals surface area contributed by atoms with Crippen molar-refractivity contribution < 1.29 is 10.1 Å². The maximum atomic E-state index is 8.19. The summed E-state index contributed by atoms with van der Waals surface area (Å²) in [5.41, 5.74) is 1.15. The molecule has 0 aromatic heterocycles. The predicted octanol–water partition coefficient (Wildman–Crippen LogP) is 2.43. The zero-order valence-corrected chi connectivity index (χ0v) is 6.84. The summed E-state index contributed by atoms with van der Waals surface area (Å²) in [6.07, 6.45) is 0. The third-order valence-corrected chi connectivity index (χ3v) is 1.83. The number of benzene rings is 1. The van der Waals surface area contributed by atoms with Gasteiger partial charge in [0.2, 0.25) is 0 Å². The molecule has 1 aromatic carbocycles. The first-order valence-electron chi connectivity index (χ1n) is 2.83. The third kappa shape index (κ3) is 1.72. The highest BCUT2D eigenvalue weighted by molar-refractivity contribution is 9.08. The van der Waals surface area contributed by atoms with E-state index in [0.717, 1.165) is 10.9 Å². The van der Waals surface area contributed by atoms with Crippen LogP contribution >= 0.6 is 15.9 Å². The lowest BCUT2D eigenvalue weighted by atomic mass is 10.2. The van der Waals surface area contributed by atoms with Crippen molar-refractivity contribution >= 4 is 15.9 Å². The molecule has 10 heavy (non-hydrogen) atoms. The summed E-state index contributed by atoms with van der Waals surface area (Å²) in [5, 5.41) is 9.01. The van der Waals surface area contributed by atoms with Crippen molar-refractivity contribution in [3.05, 3.63) is 29.8 Å². The molecule has 1 aromatic rings. The quantitative estimate of drug-likeness (QED) is 0.454. The van der Waals surface area contributed by atoms with Crippen LogP contribution < -0.4 is 4.89 Å². The fourth-order valence-electron chi connectivity index (χ4n) is 0.639. The standard InChI is InChI=1S/C7H7BrO2/c8-5-6-1-3-7(10-9)4-2-6/h1-4,9H,5H2. The smallest absolute Gasteiger partial charge is 0.165 e. The molecule has 0 atom stereocenters. The van der Waals surface area contributed by atoms with E-state index in [1.165, 1.54) is 0 Å². The van der Waals surface area contributed by atoms with Gasteiger partial charge in [0.15, 0.2) is 5.75 Å². The van der Waals surface area contributed by atoms with Crippen molar-refractivity contribution in [1.29, 1.82) is 0 Å². The fourth-order valence-corrected chi connectivity index (χ4v) is 1.01. The van der Waals surface area contributed by atoms with E-state index in [0.29, 0.717) is 5.75 Å². The average Bonchev–Trinajstić information content (AvgIpc) is 2.05. The lowest BCUT2D eigenvalue weighted by molar-refractivity contribution is -0.137. The lowest BCUT2D eigenvalue weighted by Crippen LogP contribution is -1.83. The molecule has 0 radical (unpaired) electrons. The van der Waals surface area contributed by atoms with Crippen LogP contribution in [0.5, 0.6) is 5.75 Å². The topological polar surface area (TPSA) is 29.5 Å². The summed E-state index contributed by atoms with van der Waals surface area (Å²) >= 11 is 3.30. The molecule has 0 bridgehead atoms. The molecule has 0 spiro atoms. The van der Waals surface area contributed by atoms with Crippen LogP contribution in [0.2, 0.25) is 0 Å². The molecule has 0 saturated heterocycles. The number of hydrogen-bond acceptors (Lipinski definition) is 2. The number of hydrogen-bond donors (Lipinski definition) is 1. The molecule has 1 rings (SSSR count). The van der Waals surface area contributed by atoms with Gasteiger partial charge in [-0.3, -0.25) is 0 Å². The summed E-state index contributed by atoms with van der Waals surface area (Å²) in [6, 6.07) is 7.16. The van der Waals surface area contributed by atoms with Crippen LogP contribution in [-0.4, -0.2) is 5.26 Å². The summed E-state index contributed by atoms with van der Waals surface area (Å²) in [6.45, 7) is 0. The molecule has 0 heterocycles. The number of alkyl halides is 1. The normalized spacial score (nSPS) is 9.40. The van der Waals surface area contributed by atoms with Gasteiger partial charge in [-0.25, -0.2) is 5.26 Å². The minimum absolute atomic E-state index is 0.463. The van der Waals surface area contributed by atoms with E-state index in [1.54, 1.807) is 12.1 Å². The second-order valence-electron chi connectivity index (χ2n) is 1.87. The molecule has 0 fully saturated rings. The Hall–Kier alpha value is -0.540. The third-order valence-electron chi connectivity index (χ3n) is 1.18. The highest BCUT2D eigenvalue weighted by Gasteiger charge is 1.91. The van der Waals surface area contributed by atoms with Crippen LogP contribution in [0.3, 0.4) is 0 Å². The van der Waals surface area contributed by atoms with E-state index < -0.39 is 0 Å². The zero-order chi connectivity index (χ0) is 7.40. The molecule has 0 aliphatic carbocycles. The SMILES string of the molecule is OOc1ccc(CBr)cc1. The van der Waals surface area contributed by atoms with Crippen molar-refractivity contribution in [2.24, 2.45) is 0 Å². The Morgan fingerprint density at radius 1 is 1.30 bits per heavy atom. The van der Waals surface area contributed by atoms with Gasteiger partial charge in [0, 0.05) is 5.33 Å². The molecule has 0 unspecified atom stereocenters. The second-order valence-corrected chi connectivity index (χ2v) is 2.43. The monoisotopic (exact) mass is 202 g/mol. The average molecular weight is 203 g/mol. The van der Waals surface area contributed by atoms with Crippen LogP contribution in [0.25, 0.3) is 0 Å². The van der Waals surface area contributed by atoms with Crippen LogP contribution in [0.4, 0.5) is 0 Å². The number of rotatable bonds is 2. The molecule has 0 saturated carbocycles. The van der Waals surface area contributed by atoms with Crippen LogP contribution in [0.1, 0.15) is 5.56 Å². The van der Waals surface area contributed by atoms with Gasteiger partial charge < -0.3 is 4.89 Å². The van der Waals surface area contributed by atoms with E-state index in [2.05, 4.69) is 20.8 Å². The lowest BCUT2D eigenvalue weighted by Gasteiger charge is -1.96. The molecule has 54 valence electrons. The van der Waals surface area contributed by atoms with Gasteiger partial charge in [0.05, 0.1) is 0 Å². The van der Waals surface area contributed by atoms with E-state index in [9.17, 15) is 0 Å². The van der Waals surface area contributed by atoms with E-state index in [-0.39, 0.29) is 0 Å². The summed E-state index contributed by atoms with van der Waals surface area (Å²) in [7, 11) is 0. The first-order chi connectivity index (χ1) is 4.86. The molecule has 1 N–H and O–H groups in total. The Labute approximate surface area is 67.5 Å². The van der Waals surface area contributed by atoms with Gasteiger partial charge in [0.1, 0.15) is 0 Å². The Bertz CT molecular complexity index is 172. The summed E-state index contributed by atoms with van der Waals surface area (Å²) in [4.78, 5) is 4.00. The Morgan fingerprint density at radius 3 is 2.30 bits per heavy atom. The van der Waals surface area contributed by atoms with Gasteiger partial charge >= 0.3 is 0 Å². The minimum atomic E-state index is 0.463. The van der Waals surface area contributed by atoms with Crippen molar-refractivity contribution in [2.45, 2.75) is 5.33 Å². The van der Waals surface area contributed by atoms with E-state index in [1.807, 2.05) is 12.1 Å². The van der Waals surface area contributed by atoms with E-state index >= 15 is 0 Å². The van der Waals surface area contributed by atoms with Gasteiger partial charge in [-0.15, -0.1) is 0 Å². The minimum Gasteiger partial charge on any atom is -0.340 e. The number of halogens is 1. The van der Waals surface area contributed by atoms with E-state index in [4.69, 9.17) is 5.26 Å². The van der Waals surface area contributed by atoms with Crippen molar-refractivity contribution in [3.63, 3.8) is 0 Å². The largest absolute Gasteiger partial charge is 0.340 e. The fraction of sp³-hybridized carbons (Fsp3) is 0.143. The maximum Gasteiger partial charge on any atom is 0.165 e. The molecule has 0 aliphatic rings. The van der Waals surface area contributed by atoms with Crippen molar-refractivity contribution in [1.82, 2.24) is 0 Å². The molecule has 3 heteroatoms. The predicted molar refractivity (Wildman–Crippen MR) is 42.3 cm³/mol. The Kier molecular flexibility index (Phi) is 2.71. The molecule has 0 amide bonds. The highest BCUT2D eigenvalue weighted by atomic mass is 79.9. The molecular formula is C7H7BrO2.